The summed E-state index contributed by atoms with van der Waals surface area (Å²) in [5, 5.41) is 4.49. The van der Waals surface area contributed by atoms with Crippen LogP contribution in [-0.2, 0) is 6.54 Å². The summed E-state index contributed by atoms with van der Waals surface area (Å²) in [5.74, 6) is 0. The molecule has 0 atom stereocenters. The molecule has 4 heteroatoms. The van der Waals surface area contributed by atoms with Crippen LogP contribution in [0.4, 0.5) is 0 Å². The number of nitrogens with zero attached hydrogens (tertiary/aromatic N) is 2. The van der Waals surface area contributed by atoms with Gasteiger partial charge in [-0.25, -0.2) is 4.68 Å². The third-order valence-electron chi connectivity index (χ3n) is 3.16. The normalized spacial score (nSPS) is 10.7. The molecule has 3 aromatic rings. The molecule has 0 aliphatic carbocycles. The molecule has 0 aliphatic heterocycles. The molecule has 2 N–H and O–H groups in total. The average molecular weight is 328 g/mol. The Balaban J connectivity index is 2.20. The van der Waals surface area contributed by atoms with Crippen molar-refractivity contribution in [2.45, 2.75) is 6.54 Å². The van der Waals surface area contributed by atoms with E-state index in [2.05, 4.69) is 33.2 Å². The molecule has 0 aliphatic rings. The molecule has 1 aromatic heterocycles. The van der Waals surface area contributed by atoms with Crippen LogP contribution < -0.4 is 5.73 Å². The highest BCUT2D eigenvalue weighted by atomic mass is 79.9. The minimum atomic E-state index is 0.470. The summed E-state index contributed by atoms with van der Waals surface area (Å²) in [6.45, 7) is 0.470. The number of rotatable bonds is 3. The molecular weight excluding hydrogens is 314 g/mol. The van der Waals surface area contributed by atoms with Crippen molar-refractivity contribution in [1.82, 2.24) is 9.78 Å². The van der Waals surface area contributed by atoms with E-state index in [0.717, 1.165) is 27.0 Å². The number of halogens is 1. The number of benzene rings is 2. The van der Waals surface area contributed by atoms with E-state index in [1.807, 2.05) is 53.3 Å². The minimum absolute atomic E-state index is 0.470. The Morgan fingerprint density at radius 3 is 2.55 bits per heavy atom. The number of hydrogen-bond donors (Lipinski definition) is 1. The van der Waals surface area contributed by atoms with Crippen molar-refractivity contribution in [3.05, 3.63) is 70.8 Å². The first-order valence-corrected chi connectivity index (χ1v) is 7.17. The standard InChI is InChI=1S/C16H14BrN3/c17-14-7-4-8-15(9-14)20-16(13(10-18)11-19-20)12-5-2-1-3-6-12/h1-9,11H,10,18H2. The third kappa shape index (κ3) is 2.40. The van der Waals surface area contributed by atoms with Gasteiger partial charge >= 0.3 is 0 Å². The maximum absolute atomic E-state index is 5.85. The number of hydrogen-bond acceptors (Lipinski definition) is 2. The molecule has 3 rings (SSSR count). The van der Waals surface area contributed by atoms with Gasteiger partial charge in [-0.15, -0.1) is 0 Å². The summed E-state index contributed by atoms with van der Waals surface area (Å²) in [5.41, 5.74) is 10.1. The van der Waals surface area contributed by atoms with Crippen LogP contribution in [0.2, 0.25) is 0 Å². The summed E-state index contributed by atoms with van der Waals surface area (Å²) in [6.07, 6.45) is 1.84. The Bertz CT molecular complexity index is 720. The molecule has 0 saturated carbocycles. The van der Waals surface area contributed by atoms with Gasteiger partial charge in [-0.3, -0.25) is 0 Å². The van der Waals surface area contributed by atoms with Crippen molar-refractivity contribution >= 4 is 15.9 Å². The van der Waals surface area contributed by atoms with Gasteiger partial charge in [0.2, 0.25) is 0 Å². The molecule has 3 nitrogen and oxygen atoms in total. The first-order valence-electron chi connectivity index (χ1n) is 6.38. The molecule has 100 valence electrons. The molecule has 0 spiro atoms. The van der Waals surface area contributed by atoms with E-state index in [1.54, 1.807) is 0 Å². The highest BCUT2D eigenvalue weighted by Gasteiger charge is 2.13. The van der Waals surface area contributed by atoms with Gasteiger partial charge in [0.05, 0.1) is 17.6 Å². The second kappa shape index (κ2) is 5.61. The second-order valence-electron chi connectivity index (χ2n) is 4.48. The average Bonchev–Trinajstić information content (AvgIpc) is 2.92. The van der Waals surface area contributed by atoms with Crippen molar-refractivity contribution in [3.8, 4) is 16.9 Å². The molecular formula is C16H14BrN3. The largest absolute Gasteiger partial charge is 0.326 e. The minimum Gasteiger partial charge on any atom is -0.326 e. The lowest BCUT2D eigenvalue weighted by atomic mass is 10.1. The highest BCUT2D eigenvalue weighted by Crippen LogP contribution is 2.27. The van der Waals surface area contributed by atoms with Crippen LogP contribution in [-0.4, -0.2) is 9.78 Å². The van der Waals surface area contributed by atoms with Crippen molar-refractivity contribution in [3.63, 3.8) is 0 Å². The van der Waals surface area contributed by atoms with Crippen molar-refractivity contribution in [2.75, 3.05) is 0 Å². The smallest absolute Gasteiger partial charge is 0.0785 e. The monoisotopic (exact) mass is 327 g/mol. The third-order valence-corrected chi connectivity index (χ3v) is 3.66. The van der Waals surface area contributed by atoms with E-state index in [4.69, 9.17) is 5.73 Å². The summed E-state index contributed by atoms with van der Waals surface area (Å²) in [6, 6.07) is 18.3. The van der Waals surface area contributed by atoms with E-state index in [9.17, 15) is 0 Å². The fraction of sp³-hybridized carbons (Fsp3) is 0.0625. The fourth-order valence-electron chi connectivity index (χ4n) is 2.24. The van der Waals surface area contributed by atoms with Crippen LogP contribution in [0.15, 0.2) is 65.3 Å². The summed E-state index contributed by atoms with van der Waals surface area (Å²) in [4.78, 5) is 0. The van der Waals surface area contributed by atoms with Gasteiger partial charge in [0.25, 0.3) is 0 Å². The highest BCUT2D eigenvalue weighted by molar-refractivity contribution is 9.10. The predicted octanol–water partition coefficient (Wildman–Crippen LogP) is 3.76. The summed E-state index contributed by atoms with van der Waals surface area (Å²) in [7, 11) is 0. The zero-order valence-electron chi connectivity index (χ0n) is 10.8. The molecule has 0 amide bonds. The van der Waals surface area contributed by atoms with Crippen LogP contribution in [0, 0.1) is 0 Å². The van der Waals surface area contributed by atoms with Crippen LogP contribution in [0.25, 0.3) is 16.9 Å². The Kier molecular flexibility index (Phi) is 3.67. The van der Waals surface area contributed by atoms with Gasteiger partial charge in [-0.05, 0) is 18.2 Å². The van der Waals surface area contributed by atoms with Crippen molar-refractivity contribution < 1.29 is 0 Å². The first kappa shape index (κ1) is 13.1. The van der Waals surface area contributed by atoms with Crippen molar-refractivity contribution in [2.24, 2.45) is 5.73 Å². The van der Waals surface area contributed by atoms with Gasteiger partial charge in [0.15, 0.2) is 0 Å². The summed E-state index contributed by atoms with van der Waals surface area (Å²) < 4.78 is 2.96. The maximum Gasteiger partial charge on any atom is 0.0785 e. The molecule has 20 heavy (non-hydrogen) atoms. The molecule has 0 saturated heterocycles. The Morgan fingerprint density at radius 1 is 1.05 bits per heavy atom. The topological polar surface area (TPSA) is 43.8 Å². The Labute approximate surface area is 126 Å². The number of aromatic nitrogens is 2. The maximum atomic E-state index is 5.85. The lowest BCUT2D eigenvalue weighted by Gasteiger charge is -2.10. The zero-order valence-corrected chi connectivity index (χ0v) is 12.4. The van der Waals surface area contributed by atoms with E-state index < -0.39 is 0 Å². The summed E-state index contributed by atoms with van der Waals surface area (Å²) >= 11 is 3.50. The lowest BCUT2D eigenvalue weighted by Crippen LogP contribution is -2.02. The molecule has 0 unspecified atom stereocenters. The van der Waals surface area contributed by atoms with E-state index in [1.165, 1.54) is 0 Å². The SMILES string of the molecule is NCc1cnn(-c2cccc(Br)c2)c1-c1ccccc1. The molecule has 0 fully saturated rings. The van der Waals surface area contributed by atoms with Gasteiger partial charge in [-0.2, -0.15) is 5.10 Å². The molecule has 0 bridgehead atoms. The van der Waals surface area contributed by atoms with Gasteiger partial charge < -0.3 is 5.73 Å². The fourth-order valence-corrected chi connectivity index (χ4v) is 2.63. The predicted molar refractivity (Wildman–Crippen MR) is 84.6 cm³/mol. The number of nitrogens with two attached hydrogens (primary N) is 1. The lowest BCUT2D eigenvalue weighted by molar-refractivity contribution is 0.887. The second-order valence-corrected chi connectivity index (χ2v) is 5.40. The van der Waals surface area contributed by atoms with Gasteiger partial charge in [-0.1, -0.05) is 52.3 Å². The van der Waals surface area contributed by atoms with E-state index >= 15 is 0 Å². The van der Waals surface area contributed by atoms with Gasteiger partial charge in [0, 0.05) is 22.1 Å². The van der Waals surface area contributed by atoms with Gasteiger partial charge in [0.1, 0.15) is 0 Å². The van der Waals surface area contributed by atoms with Crippen molar-refractivity contribution in [1.29, 1.82) is 0 Å². The first-order chi connectivity index (χ1) is 9.79. The van der Waals surface area contributed by atoms with Crippen LogP contribution >= 0.6 is 15.9 Å². The zero-order chi connectivity index (χ0) is 13.9. The van der Waals surface area contributed by atoms with E-state index in [0.29, 0.717) is 6.54 Å². The quantitative estimate of drug-likeness (QED) is 0.795. The molecule has 0 radical (unpaired) electrons. The van der Waals surface area contributed by atoms with Crippen LogP contribution in [0.1, 0.15) is 5.56 Å². The van der Waals surface area contributed by atoms with Crippen LogP contribution in [0.3, 0.4) is 0 Å². The van der Waals surface area contributed by atoms with Crippen LogP contribution in [0.5, 0.6) is 0 Å². The Hall–Kier alpha value is -1.91. The Morgan fingerprint density at radius 2 is 1.85 bits per heavy atom. The molecule has 1 heterocycles. The molecule has 2 aromatic carbocycles. The van der Waals surface area contributed by atoms with E-state index in [-0.39, 0.29) is 0 Å².